The van der Waals surface area contributed by atoms with E-state index >= 15 is 0 Å². The molecule has 0 saturated carbocycles. The summed E-state index contributed by atoms with van der Waals surface area (Å²) >= 11 is 6.50. The van der Waals surface area contributed by atoms with Crippen molar-refractivity contribution >= 4 is 34.1 Å². The molecular formula is C30H35ClN4O5. The number of pyridine rings is 1. The Labute approximate surface area is 238 Å². The zero-order chi connectivity index (χ0) is 28.6. The number of H-pyrrole nitrogens is 1. The lowest BCUT2D eigenvalue weighted by Crippen LogP contribution is -2.33. The number of halogens is 1. The van der Waals surface area contributed by atoms with Crippen molar-refractivity contribution in [2.45, 2.75) is 50.8 Å². The predicted molar refractivity (Wildman–Crippen MR) is 157 cm³/mol. The van der Waals surface area contributed by atoms with Crippen LogP contribution in [0.4, 0.5) is 5.69 Å². The molecule has 1 aromatic heterocycles. The van der Waals surface area contributed by atoms with Crippen molar-refractivity contribution < 1.29 is 19.7 Å². The van der Waals surface area contributed by atoms with Gasteiger partial charge >= 0.3 is 0 Å². The summed E-state index contributed by atoms with van der Waals surface area (Å²) in [6.07, 6.45) is 3.09. The van der Waals surface area contributed by atoms with Gasteiger partial charge in [-0.05, 0) is 50.2 Å². The number of methoxy groups -OCH3 is 1. The Bertz CT molecular complexity index is 1480. The highest BCUT2D eigenvalue weighted by atomic mass is 35.5. The SMILES string of the molecule is COc1cc(NC(=O)CCCN(C)C2CC#CCC2)c(Cl)cc1CNC[C@H](O)c1ccc(O)c2[nH]c(=O)ccc12. The maximum atomic E-state index is 12.6. The fourth-order valence-corrected chi connectivity index (χ4v) is 5.13. The van der Waals surface area contributed by atoms with Crippen molar-refractivity contribution in [3.05, 3.63) is 62.9 Å². The summed E-state index contributed by atoms with van der Waals surface area (Å²) < 4.78 is 5.53. The average molecular weight is 567 g/mol. The van der Waals surface area contributed by atoms with Crippen molar-refractivity contribution in [3.8, 4) is 23.3 Å². The molecule has 4 rings (SSSR count). The minimum Gasteiger partial charge on any atom is -0.506 e. The molecule has 2 atom stereocenters. The predicted octanol–water partition coefficient (Wildman–Crippen LogP) is 3.93. The number of hydrogen-bond acceptors (Lipinski definition) is 7. The lowest BCUT2D eigenvalue weighted by molar-refractivity contribution is -0.116. The Kier molecular flexibility index (Phi) is 10.1. The average Bonchev–Trinajstić information content (AvgIpc) is 2.95. The number of fused-ring (bicyclic) bond motifs is 1. The molecule has 1 aliphatic rings. The van der Waals surface area contributed by atoms with Crippen LogP contribution in [0.15, 0.2) is 41.2 Å². The van der Waals surface area contributed by atoms with Gasteiger partial charge in [-0.2, -0.15) is 0 Å². The van der Waals surface area contributed by atoms with Gasteiger partial charge in [0.25, 0.3) is 0 Å². The Balaban J connectivity index is 1.31. The van der Waals surface area contributed by atoms with Gasteiger partial charge in [0.1, 0.15) is 11.5 Å². The van der Waals surface area contributed by atoms with Crippen molar-refractivity contribution in [3.63, 3.8) is 0 Å². The molecule has 0 fully saturated rings. The number of ether oxygens (including phenoxy) is 1. The third-order valence-electron chi connectivity index (χ3n) is 7.17. The number of nitrogens with zero attached hydrogens (tertiary/aromatic N) is 1. The Morgan fingerprint density at radius 2 is 2.10 bits per heavy atom. The molecule has 212 valence electrons. The highest BCUT2D eigenvalue weighted by Gasteiger charge is 2.17. The molecule has 40 heavy (non-hydrogen) atoms. The maximum Gasteiger partial charge on any atom is 0.248 e. The molecule has 0 radical (unpaired) electrons. The fourth-order valence-electron chi connectivity index (χ4n) is 4.90. The van der Waals surface area contributed by atoms with Gasteiger partial charge < -0.3 is 35.5 Å². The van der Waals surface area contributed by atoms with Crippen LogP contribution in [0.1, 0.15) is 49.3 Å². The first-order valence-electron chi connectivity index (χ1n) is 13.3. The van der Waals surface area contributed by atoms with Gasteiger partial charge in [-0.1, -0.05) is 17.7 Å². The highest BCUT2D eigenvalue weighted by Crippen LogP contribution is 2.32. The number of aromatic nitrogens is 1. The van der Waals surface area contributed by atoms with Gasteiger partial charge in [-0.15, -0.1) is 11.8 Å². The summed E-state index contributed by atoms with van der Waals surface area (Å²) in [6.45, 7) is 1.37. The summed E-state index contributed by atoms with van der Waals surface area (Å²) in [4.78, 5) is 29.1. The lowest BCUT2D eigenvalue weighted by Gasteiger charge is -2.27. The number of aromatic hydroxyl groups is 1. The number of rotatable bonds is 12. The summed E-state index contributed by atoms with van der Waals surface area (Å²) in [5.41, 5.74) is 1.75. The summed E-state index contributed by atoms with van der Waals surface area (Å²) in [6, 6.07) is 9.88. The monoisotopic (exact) mass is 566 g/mol. The number of nitrogens with one attached hydrogen (secondary N) is 3. The standard InChI is InChI=1S/C30H35ClN4O5/c1-35(20-7-4-3-5-8-20)14-6-9-28(38)33-24-16-27(40-2)19(15-23(24)31)17-32-18-26(37)21-10-12-25(36)30-22(21)11-13-29(39)34-30/h10-13,15-16,20,26,32,36-37H,4,6-9,14,17-18H2,1-2H3,(H,33,38)(H,34,39)/t20?,26-/m0/s1. The number of hydrogen-bond donors (Lipinski definition) is 5. The molecule has 1 heterocycles. The number of anilines is 1. The van der Waals surface area contributed by atoms with E-state index in [-0.39, 0.29) is 29.3 Å². The molecule has 0 saturated heterocycles. The molecular weight excluding hydrogens is 532 g/mol. The van der Waals surface area contributed by atoms with Gasteiger partial charge in [0, 0.05) is 61.5 Å². The maximum absolute atomic E-state index is 12.6. The molecule has 2 aromatic carbocycles. The van der Waals surface area contributed by atoms with Crippen LogP contribution in [0, 0.1) is 11.8 Å². The lowest BCUT2D eigenvalue weighted by atomic mass is 10.0. The van der Waals surface area contributed by atoms with E-state index in [1.807, 2.05) is 0 Å². The van der Waals surface area contributed by atoms with Gasteiger partial charge in [0.2, 0.25) is 11.5 Å². The van der Waals surface area contributed by atoms with E-state index in [1.165, 1.54) is 12.1 Å². The van der Waals surface area contributed by atoms with E-state index in [9.17, 15) is 19.8 Å². The van der Waals surface area contributed by atoms with E-state index in [2.05, 4.69) is 39.4 Å². The number of phenols is 1. The van der Waals surface area contributed by atoms with Gasteiger partial charge in [0.05, 0.1) is 29.4 Å². The number of aliphatic hydroxyl groups excluding tert-OH is 1. The minimum atomic E-state index is -0.904. The van der Waals surface area contributed by atoms with Crippen LogP contribution in [0.3, 0.4) is 0 Å². The number of aliphatic hydroxyl groups is 1. The first-order chi connectivity index (χ1) is 19.3. The number of aromatic amines is 1. The van der Waals surface area contributed by atoms with Gasteiger partial charge in [-0.25, -0.2) is 0 Å². The highest BCUT2D eigenvalue weighted by molar-refractivity contribution is 6.33. The number of benzene rings is 2. The number of carbonyl (C=O) groups is 1. The topological polar surface area (TPSA) is 127 Å². The van der Waals surface area contributed by atoms with E-state index in [4.69, 9.17) is 16.3 Å². The van der Waals surface area contributed by atoms with Crippen molar-refractivity contribution in [2.24, 2.45) is 0 Å². The van der Waals surface area contributed by atoms with Crippen LogP contribution in [-0.4, -0.2) is 59.3 Å². The van der Waals surface area contributed by atoms with Crippen LogP contribution in [0.25, 0.3) is 10.9 Å². The molecule has 9 nitrogen and oxygen atoms in total. The smallest absolute Gasteiger partial charge is 0.248 e. The van der Waals surface area contributed by atoms with Crippen LogP contribution < -0.4 is 20.9 Å². The normalized spacial score (nSPS) is 15.5. The molecule has 0 aliphatic heterocycles. The molecule has 3 aromatic rings. The Hall–Kier alpha value is -3.55. The molecule has 0 spiro atoms. The first kappa shape index (κ1) is 29.4. The summed E-state index contributed by atoms with van der Waals surface area (Å²) in [7, 11) is 3.62. The van der Waals surface area contributed by atoms with Gasteiger partial charge in [-0.3, -0.25) is 9.59 Å². The largest absolute Gasteiger partial charge is 0.506 e. The zero-order valence-corrected chi connectivity index (χ0v) is 23.5. The van der Waals surface area contributed by atoms with E-state index in [1.54, 1.807) is 31.4 Å². The Morgan fingerprint density at radius 3 is 2.85 bits per heavy atom. The molecule has 1 unspecified atom stereocenters. The van der Waals surface area contributed by atoms with Crippen LogP contribution in [0.2, 0.25) is 5.02 Å². The number of carbonyl (C=O) groups excluding carboxylic acids is 1. The van der Waals surface area contributed by atoms with Crippen LogP contribution in [0.5, 0.6) is 11.5 Å². The molecule has 10 heteroatoms. The molecule has 1 amide bonds. The fraction of sp³-hybridized carbons (Fsp3) is 0.400. The van der Waals surface area contributed by atoms with Crippen LogP contribution in [-0.2, 0) is 11.3 Å². The second kappa shape index (κ2) is 13.7. The Morgan fingerprint density at radius 1 is 1.27 bits per heavy atom. The van der Waals surface area contributed by atoms with Crippen molar-refractivity contribution in [1.29, 1.82) is 0 Å². The van der Waals surface area contributed by atoms with E-state index in [0.717, 1.165) is 37.8 Å². The molecule has 1 aliphatic carbocycles. The quantitative estimate of drug-likeness (QED) is 0.210. The summed E-state index contributed by atoms with van der Waals surface area (Å²) in [5.74, 6) is 6.67. The third-order valence-corrected chi connectivity index (χ3v) is 7.48. The third kappa shape index (κ3) is 7.34. The number of phenolic OH excluding ortho intramolecular Hbond substituents is 1. The number of amides is 1. The van der Waals surface area contributed by atoms with E-state index < -0.39 is 6.10 Å². The first-order valence-corrected chi connectivity index (χ1v) is 13.7. The molecule has 0 bridgehead atoms. The minimum absolute atomic E-state index is 0.0646. The zero-order valence-electron chi connectivity index (χ0n) is 22.7. The van der Waals surface area contributed by atoms with Crippen LogP contribution >= 0.6 is 11.6 Å². The van der Waals surface area contributed by atoms with Crippen molar-refractivity contribution in [2.75, 3.05) is 32.6 Å². The second-order valence-electron chi connectivity index (χ2n) is 9.96. The molecule has 5 N–H and O–H groups in total. The van der Waals surface area contributed by atoms with Gasteiger partial charge in [0.15, 0.2) is 0 Å². The van der Waals surface area contributed by atoms with Crippen molar-refractivity contribution in [1.82, 2.24) is 15.2 Å². The van der Waals surface area contributed by atoms with E-state index in [0.29, 0.717) is 46.4 Å². The summed E-state index contributed by atoms with van der Waals surface area (Å²) in [5, 5.41) is 27.9. The second-order valence-corrected chi connectivity index (χ2v) is 10.4.